The number of amides is 1. The highest BCUT2D eigenvalue weighted by Crippen LogP contribution is 2.32. The number of nitrogens with zero attached hydrogens (tertiary/aromatic N) is 3. The van der Waals surface area contributed by atoms with Crippen molar-refractivity contribution < 1.29 is 4.79 Å². The third kappa shape index (κ3) is 3.90. The van der Waals surface area contributed by atoms with Crippen LogP contribution in [0.2, 0.25) is 10.0 Å². The molecular weight excluding hydrogens is 377 g/mol. The molecule has 0 saturated heterocycles. The summed E-state index contributed by atoms with van der Waals surface area (Å²) < 4.78 is 0. The molecule has 3 rings (SSSR count). The van der Waals surface area contributed by atoms with Crippen LogP contribution < -0.4 is 4.90 Å². The highest BCUT2D eigenvalue weighted by Gasteiger charge is 2.20. The molecule has 0 bridgehead atoms. The maximum absolute atomic E-state index is 12.8. The van der Waals surface area contributed by atoms with Crippen molar-refractivity contribution in [3.63, 3.8) is 0 Å². The summed E-state index contributed by atoms with van der Waals surface area (Å²) in [6, 6.07) is 8.67. The van der Waals surface area contributed by atoms with E-state index in [1.54, 1.807) is 47.6 Å². The van der Waals surface area contributed by atoms with Crippen molar-refractivity contribution in [2.75, 3.05) is 11.4 Å². The van der Waals surface area contributed by atoms with Crippen LogP contribution in [0.1, 0.15) is 10.4 Å². The molecule has 0 aliphatic rings. The first kappa shape index (κ1) is 17.6. The van der Waals surface area contributed by atoms with Gasteiger partial charge in [0.05, 0.1) is 15.7 Å². The Balaban J connectivity index is 1.93. The van der Waals surface area contributed by atoms with Crippen LogP contribution in [0.15, 0.2) is 60.8 Å². The number of anilines is 1. The highest BCUT2D eigenvalue weighted by molar-refractivity contribution is 7.14. The number of pyridine rings is 1. The van der Waals surface area contributed by atoms with E-state index in [4.69, 9.17) is 23.2 Å². The molecule has 1 aromatic carbocycles. The number of halogens is 2. The topological polar surface area (TPSA) is 46.1 Å². The van der Waals surface area contributed by atoms with Gasteiger partial charge in [0.1, 0.15) is 0 Å². The standard InChI is InChI=1S/C18H13Cl2N3OS/c1-2-9-23(17(24)12-5-7-21-8-6-12)18-22-16(11-25-18)13-3-4-14(19)15(20)10-13/h2-8,10-11H,1,9H2. The molecule has 0 fully saturated rings. The first-order valence-corrected chi connectivity index (χ1v) is 8.97. The molecule has 2 heterocycles. The summed E-state index contributed by atoms with van der Waals surface area (Å²) in [4.78, 5) is 22.8. The van der Waals surface area contributed by atoms with E-state index >= 15 is 0 Å². The molecule has 25 heavy (non-hydrogen) atoms. The number of aromatic nitrogens is 2. The predicted octanol–water partition coefficient (Wildman–Crippen LogP) is 5.34. The number of thiazole rings is 1. The number of hydrogen-bond donors (Lipinski definition) is 0. The largest absolute Gasteiger partial charge is 0.280 e. The van der Waals surface area contributed by atoms with E-state index in [-0.39, 0.29) is 5.91 Å². The summed E-state index contributed by atoms with van der Waals surface area (Å²) in [6.07, 6.45) is 4.84. The number of carbonyl (C=O) groups is 1. The summed E-state index contributed by atoms with van der Waals surface area (Å²) in [5, 5.41) is 3.42. The number of hydrogen-bond acceptors (Lipinski definition) is 4. The van der Waals surface area contributed by atoms with Gasteiger partial charge in [-0.05, 0) is 24.3 Å². The van der Waals surface area contributed by atoms with Gasteiger partial charge in [-0.25, -0.2) is 4.98 Å². The molecule has 4 nitrogen and oxygen atoms in total. The van der Waals surface area contributed by atoms with Gasteiger partial charge >= 0.3 is 0 Å². The number of rotatable bonds is 5. The van der Waals surface area contributed by atoms with Gasteiger partial charge in [-0.2, -0.15) is 0 Å². The second kappa shape index (κ2) is 7.78. The normalized spacial score (nSPS) is 10.5. The second-order valence-corrected chi connectivity index (χ2v) is 6.74. The minimum Gasteiger partial charge on any atom is -0.280 e. The van der Waals surface area contributed by atoms with Crippen LogP contribution in [-0.4, -0.2) is 22.4 Å². The van der Waals surface area contributed by atoms with Crippen LogP contribution in [0, 0.1) is 0 Å². The minimum atomic E-state index is -0.155. The van der Waals surface area contributed by atoms with E-state index in [0.717, 1.165) is 11.3 Å². The number of carbonyl (C=O) groups excluding carboxylic acids is 1. The van der Waals surface area contributed by atoms with Crippen molar-refractivity contribution in [3.05, 3.63) is 76.4 Å². The van der Waals surface area contributed by atoms with E-state index in [9.17, 15) is 4.79 Å². The van der Waals surface area contributed by atoms with Gasteiger partial charge in [0, 0.05) is 35.4 Å². The average Bonchev–Trinajstić information content (AvgIpc) is 3.12. The summed E-state index contributed by atoms with van der Waals surface area (Å²) in [7, 11) is 0. The lowest BCUT2D eigenvalue weighted by Gasteiger charge is -2.17. The summed E-state index contributed by atoms with van der Waals surface area (Å²) >= 11 is 13.4. The van der Waals surface area contributed by atoms with Gasteiger partial charge in [-0.15, -0.1) is 17.9 Å². The van der Waals surface area contributed by atoms with Gasteiger partial charge in [0.15, 0.2) is 5.13 Å². The zero-order valence-electron chi connectivity index (χ0n) is 13.0. The van der Waals surface area contributed by atoms with Crippen molar-refractivity contribution in [1.82, 2.24) is 9.97 Å². The lowest BCUT2D eigenvalue weighted by molar-refractivity contribution is 0.0989. The van der Waals surface area contributed by atoms with Gasteiger partial charge in [0.25, 0.3) is 5.91 Å². The summed E-state index contributed by atoms with van der Waals surface area (Å²) in [5.41, 5.74) is 2.12. The molecule has 0 unspecified atom stereocenters. The van der Waals surface area contributed by atoms with Crippen molar-refractivity contribution in [1.29, 1.82) is 0 Å². The summed E-state index contributed by atoms with van der Waals surface area (Å²) in [5.74, 6) is -0.155. The molecule has 0 spiro atoms. The molecule has 2 aromatic heterocycles. The SMILES string of the molecule is C=CCN(C(=O)c1ccncc1)c1nc(-c2ccc(Cl)c(Cl)c2)cs1. The molecular formula is C18H13Cl2N3OS. The predicted molar refractivity (Wildman–Crippen MR) is 104 cm³/mol. The van der Waals surface area contributed by atoms with Crippen molar-refractivity contribution in [2.45, 2.75) is 0 Å². The van der Waals surface area contributed by atoms with Crippen molar-refractivity contribution in [2.24, 2.45) is 0 Å². The van der Waals surface area contributed by atoms with Crippen LogP contribution in [0.4, 0.5) is 5.13 Å². The lowest BCUT2D eigenvalue weighted by Crippen LogP contribution is -2.30. The fourth-order valence-electron chi connectivity index (χ4n) is 2.20. The van der Waals surface area contributed by atoms with Crippen LogP contribution in [-0.2, 0) is 0 Å². The monoisotopic (exact) mass is 389 g/mol. The Hall–Kier alpha value is -2.21. The first-order valence-electron chi connectivity index (χ1n) is 7.34. The lowest BCUT2D eigenvalue weighted by atomic mass is 10.2. The second-order valence-electron chi connectivity index (χ2n) is 5.08. The highest BCUT2D eigenvalue weighted by atomic mass is 35.5. The maximum atomic E-state index is 12.8. The Labute approximate surface area is 159 Å². The number of benzene rings is 1. The third-order valence-corrected chi connectivity index (χ3v) is 5.03. The van der Waals surface area contributed by atoms with Gasteiger partial charge < -0.3 is 0 Å². The molecule has 0 aliphatic carbocycles. The fourth-order valence-corrected chi connectivity index (χ4v) is 3.34. The van der Waals surface area contributed by atoms with Gasteiger partial charge in [-0.1, -0.05) is 35.3 Å². The zero-order valence-corrected chi connectivity index (χ0v) is 15.4. The molecule has 0 aliphatic heterocycles. The smallest absolute Gasteiger partial charge is 0.260 e. The Morgan fingerprint density at radius 2 is 1.96 bits per heavy atom. The molecule has 0 atom stereocenters. The van der Waals surface area contributed by atoms with E-state index in [0.29, 0.717) is 27.3 Å². The zero-order chi connectivity index (χ0) is 17.8. The Kier molecular flexibility index (Phi) is 5.48. The molecule has 0 N–H and O–H groups in total. The van der Waals surface area contributed by atoms with Crippen LogP contribution >= 0.6 is 34.5 Å². The first-order chi connectivity index (χ1) is 12.1. The van der Waals surface area contributed by atoms with Crippen molar-refractivity contribution in [3.8, 4) is 11.3 Å². The van der Waals surface area contributed by atoms with Gasteiger partial charge in [0.2, 0.25) is 0 Å². The molecule has 1 amide bonds. The molecule has 126 valence electrons. The fraction of sp³-hybridized carbons (Fsp3) is 0.0556. The van der Waals surface area contributed by atoms with E-state index in [1.807, 2.05) is 11.4 Å². The molecule has 0 radical (unpaired) electrons. The average molecular weight is 390 g/mol. The van der Waals surface area contributed by atoms with Crippen molar-refractivity contribution >= 4 is 45.6 Å². The Morgan fingerprint density at radius 1 is 1.20 bits per heavy atom. The Morgan fingerprint density at radius 3 is 2.64 bits per heavy atom. The maximum Gasteiger partial charge on any atom is 0.260 e. The molecule has 3 aromatic rings. The summed E-state index contributed by atoms with van der Waals surface area (Å²) in [6.45, 7) is 4.08. The Bertz CT molecular complexity index is 912. The van der Waals surface area contributed by atoms with E-state index in [2.05, 4.69) is 16.5 Å². The van der Waals surface area contributed by atoms with Crippen LogP contribution in [0.3, 0.4) is 0 Å². The third-order valence-electron chi connectivity index (χ3n) is 3.42. The van der Waals surface area contributed by atoms with Crippen LogP contribution in [0.5, 0.6) is 0 Å². The molecule has 7 heteroatoms. The van der Waals surface area contributed by atoms with Crippen LogP contribution in [0.25, 0.3) is 11.3 Å². The molecule has 0 saturated carbocycles. The quantitative estimate of drug-likeness (QED) is 0.552. The van der Waals surface area contributed by atoms with E-state index in [1.165, 1.54) is 11.3 Å². The van der Waals surface area contributed by atoms with E-state index < -0.39 is 0 Å². The van der Waals surface area contributed by atoms with Gasteiger partial charge in [-0.3, -0.25) is 14.7 Å². The minimum absolute atomic E-state index is 0.155.